The van der Waals surface area contributed by atoms with Crippen molar-refractivity contribution in [3.8, 4) is 22.6 Å². The predicted molar refractivity (Wildman–Crippen MR) is 108 cm³/mol. The van der Waals surface area contributed by atoms with Crippen molar-refractivity contribution >= 4 is 11.8 Å². The predicted octanol–water partition coefficient (Wildman–Crippen LogP) is 2.75. The summed E-state index contributed by atoms with van der Waals surface area (Å²) in [5, 5.41) is 8.85. The molecule has 0 aromatic heterocycles. The first-order chi connectivity index (χ1) is 13.8. The molecule has 1 fully saturated rings. The minimum absolute atomic E-state index is 0.118. The van der Waals surface area contributed by atoms with Gasteiger partial charge < -0.3 is 14.4 Å². The first-order valence-corrected chi connectivity index (χ1v) is 9.43. The Bertz CT molecular complexity index is 912. The second-order valence-corrected chi connectivity index (χ2v) is 7.38. The van der Waals surface area contributed by atoms with E-state index in [-0.39, 0.29) is 5.91 Å². The Labute approximate surface area is 170 Å². The van der Waals surface area contributed by atoms with Crippen LogP contribution in [-0.2, 0) is 15.0 Å². The number of amides is 2. The molecule has 0 spiro atoms. The first kappa shape index (κ1) is 20.7. The maximum absolute atomic E-state index is 13.0. The summed E-state index contributed by atoms with van der Waals surface area (Å²) in [6, 6.07) is 12.8. The van der Waals surface area contributed by atoms with Gasteiger partial charge in [0.15, 0.2) is 11.5 Å². The largest absolute Gasteiger partial charge is 0.493 e. The van der Waals surface area contributed by atoms with E-state index in [0.717, 1.165) is 16.7 Å². The van der Waals surface area contributed by atoms with Crippen molar-refractivity contribution in [2.24, 2.45) is 0 Å². The third kappa shape index (κ3) is 3.65. The van der Waals surface area contributed by atoms with Crippen molar-refractivity contribution in [1.82, 2.24) is 10.4 Å². The fraction of sp³-hybridized carbons (Fsp3) is 0.364. The van der Waals surface area contributed by atoms with Gasteiger partial charge in [0.1, 0.15) is 6.04 Å². The van der Waals surface area contributed by atoms with Crippen molar-refractivity contribution < 1.29 is 24.3 Å². The highest BCUT2D eigenvalue weighted by molar-refractivity contribution is 5.94. The molecule has 1 heterocycles. The lowest BCUT2D eigenvalue weighted by atomic mass is 9.80. The molecule has 2 amide bonds. The summed E-state index contributed by atoms with van der Waals surface area (Å²) in [6.07, 6.45) is 0.602. The number of hydrogen-bond donors (Lipinski definition) is 2. The van der Waals surface area contributed by atoms with Crippen LogP contribution in [0.1, 0.15) is 25.8 Å². The fourth-order valence-corrected chi connectivity index (χ4v) is 3.79. The van der Waals surface area contributed by atoms with Gasteiger partial charge in [-0.1, -0.05) is 30.3 Å². The molecule has 7 heteroatoms. The SMILES string of the molecule is COc1ccc(-c2ccc(C3(C)CCN(C(C)C(=O)NO)C3=O)cc2)cc1OC. The summed E-state index contributed by atoms with van der Waals surface area (Å²) in [5.41, 5.74) is 3.78. The van der Waals surface area contributed by atoms with Crippen LogP contribution in [0, 0.1) is 0 Å². The average Bonchev–Trinajstić information content (AvgIpc) is 3.07. The van der Waals surface area contributed by atoms with Crippen molar-refractivity contribution in [3.63, 3.8) is 0 Å². The molecule has 7 nitrogen and oxygen atoms in total. The standard InChI is InChI=1S/C22H26N2O5/c1-14(20(25)23-27)24-12-11-22(2,21(24)26)17-8-5-15(6-9-17)16-7-10-18(28-3)19(13-16)29-4/h5-10,13-14,27H,11-12H2,1-4H3,(H,23,25). The number of benzene rings is 2. The van der Waals surface area contributed by atoms with Crippen molar-refractivity contribution in [2.45, 2.75) is 31.7 Å². The minimum atomic E-state index is -0.722. The molecular formula is C22H26N2O5. The van der Waals surface area contributed by atoms with E-state index in [4.69, 9.17) is 14.7 Å². The number of methoxy groups -OCH3 is 2. The van der Waals surface area contributed by atoms with E-state index in [1.54, 1.807) is 26.6 Å². The molecule has 0 radical (unpaired) electrons. The molecule has 1 saturated heterocycles. The summed E-state index contributed by atoms with van der Waals surface area (Å²) < 4.78 is 10.7. The van der Waals surface area contributed by atoms with E-state index in [0.29, 0.717) is 24.5 Å². The van der Waals surface area contributed by atoms with Crippen LogP contribution >= 0.6 is 0 Å². The van der Waals surface area contributed by atoms with Crippen LogP contribution in [0.2, 0.25) is 0 Å². The Morgan fingerprint density at radius 3 is 2.31 bits per heavy atom. The number of carbonyl (C=O) groups is 2. The van der Waals surface area contributed by atoms with Crippen molar-refractivity contribution in [3.05, 3.63) is 48.0 Å². The van der Waals surface area contributed by atoms with Gasteiger partial charge in [0.05, 0.1) is 19.6 Å². The van der Waals surface area contributed by atoms with E-state index in [1.807, 2.05) is 49.4 Å². The fourth-order valence-electron chi connectivity index (χ4n) is 3.79. The van der Waals surface area contributed by atoms with Crippen LogP contribution in [0.15, 0.2) is 42.5 Å². The van der Waals surface area contributed by atoms with Gasteiger partial charge in [-0.2, -0.15) is 0 Å². The molecule has 154 valence electrons. The van der Waals surface area contributed by atoms with Crippen LogP contribution < -0.4 is 15.0 Å². The van der Waals surface area contributed by atoms with Gasteiger partial charge in [-0.25, -0.2) is 5.48 Å². The van der Waals surface area contributed by atoms with E-state index in [9.17, 15) is 9.59 Å². The van der Waals surface area contributed by atoms with Gasteiger partial charge in [-0.15, -0.1) is 0 Å². The summed E-state index contributed by atoms with van der Waals surface area (Å²) in [4.78, 5) is 26.3. The highest BCUT2D eigenvalue weighted by Crippen LogP contribution is 2.38. The lowest BCUT2D eigenvalue weighted by Crippen LogP contribution is -2.47. The molecule has 1 aliphatic heterocycles. The van der Waals surface area contributed by atoms with Crippen LogP contribution in [0.5, 0.6) is 11.5 Å². The molecule has 2 aromatic carbocycles. The van der Waals surface area contributed by atoms with Gasteiger partial charge in [-0.3, -0.25) is 14.8 Å². The molecular weight excluding hydrogens is 372 g/mol. The van der Waals surface area contributed by atoms with Crippen LogP contribution in [0.3, 0.4) is 0 Å². The second-order valence-electron chi connectivity index (χ2n) is 7.38. The van der Waals surface area contributed by atoms with E-state index in [1.165, 1.54) is 4.90 Å². The number of rotatable bonds is 6. The third-order valence-electron chi connectivity index (χ3n) is 5.78. The molecule has 0 saturated carbocycles. The van der Waals surface area contributed by atoms with Gasteiger partial charge in [0.25, 0.3) is 5.91 Å². The Morgan fingerprint density at radius 1 is 1.10 bits per heavy atom. The highest BCUT2D eigenvalue weighted by atomic mass is 16.5. The van der Waals surface area contributed by atoms with Gasteiger partial charge >= 0.3 is 0 Å². The number of nitrogens with one attached hydrogen (secondary N) is 1. The number of likely N-dealkylation sites (tertiary alicyclic amines) is 1. The van der Waals surface area contributed by atoms with E-state index in [2.05, 4.69) is 0 Å². The Hall–Kier alpha value is -3.06. The van der Waals surface area contributed by atoms with Crippen molar-refractivity contribution in [2.75, 3.05) is 20.8 Å². The normalized spacial score (nSPS) is 19.8. The van der Waals surface area contributed by atoms with Crippen molar-refractivity contribution in [1.29, 1.82) is 0 Å². The zero-order valence-corrected chi connectivity index (χ0v) is 17.1. The number of nitrogens with zero attached hydrogens (tertiary/aromatic N) is 1. The van der Waals surface area contributed by atoms with Gasteiger partial charge in [0.2, 0.25) is 5.91 Å². The lowest BCUT2D eigenvalue weighted by molar-refractivity contribution is -0.143. The number of hydroxylamine groups is 1. The number of ether oxygens (including phenoxy) is 2. The molecule has 0 bridgehead atoms. The number of carbonyl (C=O) groups excluding carboxylic acids is 2. The van der Waals surface area contributed by atoms with Crippen LogP contribution in [0.25, 0.3) is 11.1 Å². The molecule has 2 N–H and O–H groups in total. The monoisotopic (exact) mass is 398 g/mol. The van der Waals surface area contributed by atoms with E-state index >= 15 is 0 Å². The topological polar surface area (TPSA) is 88.1 Å². The van der Waals surface area contributed by atoms with E-state index < -0.39 is 17.4 Å². The molecule has 3 rings (SSSR count). The maximum atomic E-state index is 13.0. The zero-order chi connectivity index (χ0) is 21.2. The summed E-state index contributed by atoms with van der Waals surface area (Å²) in [6.45, 7) is 3.96. The second kappa shape index (κ2) is 8.13. The highest BCUT2D eigenvalue weighted by Gasteiger charge is 2.46. The van der Waals surface area contributed by atoms with Crippen LogP contribution in [0.4, 0.5) is 0 Å². The quantitative estimate of drug-likeness (QED) is 0.577. The molecule has 1 aliphatic rings. The summed E-state index contributed by atoms with van der Waals surface area (Å²) >= 11 is 0. The molecule has 0 aliphatic carbocycles. The Balaban J connectivity index is 1.85. The Morgan fingerprint density at radius 2 is 1.72 bits per heavy atom. The smallest absolute Gasteiger partial charge is 0.265 e. The zero-order valence-electron chi connectivity index (χ0n) is 17.1. The summed E-state index contributed by atoms with van der Waals surface area (Å²) in [5.74, 6) is 0.607. The number of hydrogen-bond acceptors (Lipinski definition) is 5. The maximum Gasteiger partial charge on any atom is 0.265 e. The Kier molecular flexibility index (Phi) is 5.79. The average molecular weight is 398 g/mol. The first-order valence-electron chi connectivity index (χ1n) is 9.43. The van der Waals surface area contributed by atoms with Gasteiger partial charge in [0, 0.05) is 6.54 Å². The van der Waals surface area contributed by atoms with Crippen LogP contribution in [-0.4, -0.2) is 48.7 Å². The molecule has 2 atom stereocenters. The van der Waals surface area contributed by atoms with Gasteiger partial charge in [-0.05, 0) is 49.1 Å². The lowest BCUT2D eigenvalue weighted by Gasteiger charge is -2.27. The minimum Gasteiger partial charge on any atom is -0.493 e. The molecule has 29 heavy (non-hydrogen) atoms. The molecule has 2 unspecified atom stereocenters. The molecule has 2 aromatic rings. The summed E-state index contributed by atoms with van der Waals surface area (Å²) in [7, 11) is 3.20. The third-order valence-corrected chi connectivity index (χ3v) is 5.78.